The van der Waals surface area contributed by atoms with Crippen LogP contribution in [-0.2, 0) is 0 Å². The third-order valence-electron chi connectivity index (χ3n) is 7.84. The van der Waals surface area contributed by atoms with E-state index in [9.17, 15) is 19.4 Å². The lowest BCUT2D eigenvalue weighted by atomic mass is 9.96. The number of aromatic nitrogens is 4. The Morgan fingerprint density at radius 1 is 0.649 bits per heavy atom. The molecule has 0 saturated carbocycles. The van der Waals surface area contributed by atoms with Crippen molar-refractivity contribution < 1.29 is 19.4 Å². The van der Waals surface area contributed by atoms with Gasteiger partial charge in [0.25, 0.3) is 0 Å². The molecule has 0 amide bonds. The van der Waals surface area contributed by atoms with E-state index < -0.39 is 6.04 Å². The highest BCUT2D eigenvalue weighted by Crippen LogP contribution is 2.37. The normalized spacial score (nSPS) is 10.8. The van der Waals surface area contributed by atoms with Crippen LogP contribution in [0.15, 0.2) is 140 Å². The van der Waals surface area contributed by atoms with Gasteiger partial charge in [-0.05, 0) is 60.2 Å². The number of anilines is 2. The number of benzene rings is 4. The summed E-state index contributed by atoms with van der Waals surface area (Å²) in [4.78, 5) is 26.3. The zero-order valence-electron chi connectivity index (χ0n) is 29.4. The summed E-state index contributed by atoms with van der Waals surface area (Å²) in [6.45, 7) is 0. The molecule has 57 heavy (non-hydrogen) atoms. The Morgan fingerprint density at radius 3 is 1.84 bits per heavy atom. The number of hydrogen-bond acceptors (Lipinski definition) is 9. The summed E-state index contributed by atoms with van der Waals surface area (Å²) in [6, 6.07) is 32.1. The number of rotatable bonds is 5. The minimum Gasteiger partial charge on any atom is -0.506 e. The predicted octanol–water partition coefficient (Wildman–Crippen LogP) is 12.0. The van der Waals surface area contributed by atoms with Gasteiger partial charge in [-0.2, -0.15) is 0 Å². The number of carbonyl (C=O) groups excluding carboxylic acids is 1. The van der Waals surface area contributed by atoms with Crippen LogP contribution in [0, 0.1) is 5.82 Å². The summed E-state index contributed by atoms with van der Waals surface area (Å²) < 4.78 is 12.1. The minimum absolute atomic E-state index is 0.102. The van der Waals surface area contributed by atoms with Gasteiger partial charge in [0.1, 0.15) is 46.3 Å². The molecule has 0 saturated heterocycles. The van der Waals surface area contributed by atoms with E-state index in [0.717, 1.165) is 16.3 Å². The summed E-state index contributed by atoms with van der Waals surface area (Å²) in [5.41, 5.74) is 8.51. The fraction of sp³-hybridized carbons (Fsp3) is 0.0238. The molecule has 0 radical (unpaired) electrons. The maximum Gasteiger partial charge on any atom is 0.150 e. The maximum absolute atomic E-state index is 12.1. The van der Waals surface area contributed by atoms with Crippen LogP contribution in [0.2, 0.25) is 25.1 Å². The molecule has 5 N–H and O–H groups in total. The van der Waals surface area contributed by atoms with Gasteiger partial charge in [0.05, 0.1) is 26.1 Å². The zero-order chi connectivity index (χ0) is 40.9. The van der Waals surface area contributed by atoms with Crippen LogP contribution in [0.5, 0.6) is 11.5 Å². The lowest BCUT2D eigenvalue weighted by molar-refractivity contribution is 0.112. The van der Waals surface area contributed by atoms with Crippen molar-refractivity contribution in [3.8, 4) is 11.5 Å². The number of aldehydes is 1. The molecule has 0 bridgehead atoms. The van der Waals surface area contributed by atoms with E-state index in [0.29, 0.717) is 65.2 Å². The first kappa shape index (κ1) is 42.4. The van der Waals surface area contributed by atoms with Gasteiger partial charge in [-0.15, -0.1) is 0 Å². The molecule has 0 aliphatic heterocycles. The average Bonchev–Trinajstić information content (AvgIpc) is 3.22. The van der Waals surface area contributed by atoms with Gasteiger partial charge in [0.15, 0.2) is 0 Å². The second-order valence-electron chi connectivity index (χ2n) is 11.7. The van der Waals surface area contributed by atoms with Crippen molar-refractivity contribution >= 4 is 97.7 Å². The van der Waals surface area contributed by atoms with Crippen LogP contribution in [0.4, 0.5) is 16.0 Å². The van der Waals surface area contributed by atoms with E-state index in [2.05, 4.69) is 25.3 Å². The number of phenols is 2. The number of carbonyl (C=O) groups is 1. The Bertz CT molecular complexity index is 2600. The molecule has 1 unspecified atom stereocenters. The summed E-state index contributed by atoms with van der Waals surface area (Å²) >= 11 is 29.2. The molecule has 9 nitrogen and oxygen atoms in total. The number of nitrogens with two attached hydrogens (primary N) is 1. The van der Waals surface area contributed by atoms with E-state index >= 15 is 0 Å². The number of pyridine rings is 4. The van der Waals surface area contributed by atoms with E-state index in [-0.39, 0.29) is 17.3 Å². The fourth-order valence-electron chi connectivity index (χ4n) is 5.07. The number of aromatic hydroxyl groups is 2. The van der Waals surface area contributed by atoms with E-state index in [1.54, 1.807) is 42.7 Å². The van der Waals surface area contributed by atoms with Gasteiger partial charge in [0.2, 0.25) is 0 Å². The van der Waals surface area contributed by atoms with Crippen molar-refractivity contribution in [1.29, 1.82) is 0 Å². The molecule has 15 heteroatoms. The number of hydrogen-bond donors (Lipinski definition) is 4. The number of para-hydroxylation sites is 1. The highest BCUT2D eigenvalue weighted by Gasteiger charge is 2.21. The van der Waals surface area contributed by atoms with Crippen molar-refractivity contribution in [2.75, 3.05) is 11.1 Å². The van der Waals surface area contributed by atoms with Gasteiger partial charge in [-0.1, -0.05) is 107 Å². The number of fused-ring (bicyclic) bond motifs is 2. The highest BCUT2D eigenvalue weighted by molar-refractivity contribution is 6.42. The van der Waals surface area contributed by atoms with E-state index in [1.807, 2.05) is 54.6 Å². The van der Waals surface area contributed by atoms with Crippen LogP contribution in [0.1, 0.15) is 27.5 Å². The molecule has 8 rings (SSSR count). The van der Waals surface area contributed by atoms with E-state index in [4.69, 9.17) is 63.7 Å². The number of phenolic OH excluding ortho intramolecular Hbond substituents is 2. The van der Waals surface area contributed by atoms with Crippen LogP contribution < -0.4 is 11.1 Å². The topological polar surface area (TPSA) is 147 Å². The third kappa shape index (κ3) is 11.9. The molecule has 0 fully saturated rings. The number of nitrogens with zero attached hydrogens (tertiary/aromatic N) is 4. The second kappa shape index (κ2) is 20.4. The van der Waals surface area contributed by atoms with Crippen molar-refractivity contribution in [3.63, 3.8) is 0 Å². The van der Waals surface area contributed by atoms with Gasteiger partial charge in [-0.25, -0.2) is 14.4 Å². The van der Waals surface area contributed by atoms with Gasteiger partial charge in [-0.3, -0.25) is 14.8 Å². The first-order valence-corrected chi connectivity index (χ1v) is 18.5. The molecular formula is C42H30Cl5FN6O3. The summed E-state index contributed by atoms with van der Waals surface area (Å²) in [7, 11) is 0. The quantitative estimate of drug-likeness (QED) is 0.124. The second-order valence-corrected chi connectivity index (χ2v) is 13.8. The smallest absolute Gasteiger partial charge is 0.150 e. The molecular weight excluding hydrogens is 833 g/mol. The van der Waals surface area contributed by atoms with E-state index in [1.165, 1.54) is 42.7 Å². The number of halogens is 6. The minimum atomic E-state index is -0.409. The van der Waals surface area contributed by atoms with Crippen LogP contribution in [0.3, 0.4) is 0 Å². The molecule has 4 aromatic heterocycles. The summed E-state index contributed by atoms with van der Waals surface area (Å²) in [6.07, 6.45) is 6.89. The molecule has 1 atom stereocenters. The van der Waals surface area contributed by atoms with Crippen molar-refractivity contribution in [2.24, 2.45) is 0 Å². The summed E-state index contributed by atoms with van der Waals surface area (Å²) in [5.74, 6) is 0.925. The molecule has 0 aliphatic carbocycles. The van der Waals surface area contributed by atoms with Gasteiger partial charge >= 0.3 is 0 Å². The monoisotopic (exact) mass is 860 g/mol. The average molecular weight is 863 g/mol. The van der Waals surface area contributed by atoms with Crippen molar-refractivity contribution in [3.05, 3.63) is 188 Å². The zero-order valence-corrected chi connectivity index (χ0v) is 33.2. The number of nitrogen functional groups attached to an aromatic ring is 1. The lowest BCUT2D eigenvalue weighted by Gasteiger charge is -2.22. The molecule has 0 spiro atoms. The first-order valence-electron chi connectivity index (χ1n) is 16.6. The largest absolute Gasteiger partial charge is 0.506 e. The lowest BCUT2D eigenvalue weighted by Crippen LogP contribution is -2.13. The standard InChI is InChI=1S/C21H14Cl3N3O.C9H7NO.C7H5FO.C5H4Cl2N2/c22-14-6-3-13(4-7-14)19(27-18-10-16(23)17(24)11-26-18)15-8-5-12-2-1-9-25-20(12)21(15)28;11-8-5-1-3-7-4-2-6-10-9(7)8;8-7-3-1-6(5-9)2-4-7;6-3-1-5(8)9-2-4(3)7/h1-11,19,28H,(H,26,27);1-6,11H;1-5H;1-2H,(H2,8,9). The Labute approximate surface area is 351 Å². The van der Waals surface area contributed by atoms with Crippen LogP contribution in [-0.4, -0.2) is 36.4 Å². The molecule has 8 aromatic rings. The van der Waals surface area contributed by atoms with Crippen LogP contribution in [0.25, 0.3) is 21.8 Å². The maximum atomic E-state index is 12.1. The SMILES string of the molecule is Nc1cc(Cl)c(Cl)cn1.O=Cc1ccc(F)cc1.Oc1c(C(Nc2cc(Cl)c(Cl)cn2)c2ccc(Cl)cc2)ccc2cccnc12.Oc1cccc2cccnc12. The predicted molar refractivity (Wildman–Crippen MR) is 228 cm³/mol. The molecule has 288 valence electrons. The van der Waals surface area contributed by atoms with Gasteiger partial charge in [0, 0.05) is 63.8 Å². The molecule has 4 heterocycles. The molecule has 0 aliphatic rings. The molecule has 4 aromatic carbocycles. The fourth-order valence-corrected chi connectivity index (χ4v) is 5.72. The third-order valence-corrected chi connectivity index (χ3v) is 9.51. The number of nitrogens with one attached hydrogen (secondary N) is 1. The Hall–Kier alpha value is -5.75. The Balaban J connectivity index is 0.000000173. The van der Waals surface area contributed by atoms with Crippen LogP contribution >= 0.6 is 58.0 Å². The van der Waals surface area contributed by atoms with Crippen molar-refractivity contribution in [2.45, 2.75) is 6.04 Å². The Morgan fingerprint density at radius 2 is 1.25 bits per heavy atom. The van der Waals surface area contributed by atoms with Crippen molar-refractivity contribution in [1.82, 2.24) is 19.9 Å². The Kier molecular flexibility index (Phi) is 15.2. The summed E-state index contributed by atoms with van der Waals surface area (Å²) in [5, 5.41) is 27.6. The van der Waals surface area contributed by atoms with Gasteiger partial charge < -0.3 is 21.3 Å². The first-order chi connectivity index (χ1) is 27.4. The highest BCUT2D eigenvalue weighted by atomic mass is 35.5.